The normalized spacial score (nSPS) is 10.0. The number of furan rings is 1. The highest BCUT2D eigenvalue weighted by molar-refractivity contribution is 6.06. The van der Waals surface area contributed by atoms with Crippen LogP contribution < -0.4 is 4.90 Å². The Bertz CT molecular complexity index is 611. The molecule has 0 saturated heterocycles. The Hall–Kier alpha value is -2.54. The molecular weight excluding hydrogens is 252 g/mol. The second kappa shape index (κ2) is 6.58. The first-order valence-electron chi connectivity index (χ1n) is 6.58. The van der Waals surface area contributed by atoms with Gasteiger partial charge in [-0.1, -0.05) is 25.1 Å². The summed E-state index contributed by atoms with van der Waals surface area (Å²) < 4.78 is 5.31. The number of amides is 1. The molecule has 0 unspecified atom stereocenters. The average molecular weight is 268 g/mol. The van der Waals surface area contributed by atoms with Gasteiger partial charge < -0.3 is 9.32 Å². The average Bonchev–Trinajstić information content (AvgIpc) is 2.97. The Balaban J connectivity index is 2.32. The molecule has 0 fully saturated rings. The molecule has 0 radical (unpaired) electrons. The van der Waals surface area contributed by atoms with Crippen LogP contribution in [0.2, 0.25) is 0 Å². The van der Waals surface area contributed by atoms with Gasteiger partial charge in [0, 0.05) is 18.7 Å². The van der Waals surface area contributed by atoms with Crippen molar-refractivity contribution in [1.82, 2.24) is 0 Å². The quantitative estimate of drug-likeness (QED) is 0.835. The molecule has 1 aromatic carbocycles. The van der Waals surface area contributed by atoms with Gasteiger partial charge in [-0.05, 0) is 18.2 Å². The first-order chi connectivity index (χ1) is 9.77. The molecule has 0 bridgehead atoms. The fourth-order valence-electron chi connectivity index (χ4n) is 2.07. The fourth-order valence-corrected chi connectivity index (χ4v) is 2.07. The van der Waals surface area contributed by atoms with Crippen LogP contribution in [0.1, 0.15) is 29.5 Å². The maximum Gasteiger partial charge on any atom is 0.261 e. The van der Waals surface area contributed by atoms with Crippen LogP contribution in [-0.4, -0.2) is 12.5 Å². The molecule has 0 saturated carbocycles. The fraction of sp³-hybridized carbons (Fsp3) is 0.250. The van der Waals surface area contributed by atoms with Crippen LogP contribution in [0.25, 0.3) is 0 Å². The Kier molecular flexibility index (Phi) is 4.56. The highest BCUT2D eigenvalue weighted by Gasteiger charge is 2.21. The van der Waals surface area contributed by atoms with Crippen LogP contribution in [0.4, 0.5) is 5.69 Å². The minimum atomic E-state index is -0.128. The molecule has 0 aliphatic rings. The van der Waals surface area contributed by atoms with Crippen molar-refractivity contribution in [3.63, 3.8) is 0 Å². The summed E-state index contributed by atoms with van der Waals surface area (Å²) in [5.41, 5.74) is 1.35. The number of para-hydroxylation sites is 1. The van der Waals surface area contributed by atoms with Crippen LogP contribution in [0.3, 0.4) is 0 Å². The van der Waals surface area contributed by atoms with E-state index < -0.39 is 0 Å². The summed E-state index contributed by atoms with van der Waals surface area (Å²) >= 11 is 0. The summed E-state index contributed by atoms with van der Waals surface area (Å²) in [6.45, 7) is 2.31. The van der Waals surface area contributed by atoms with Gasteiger partial charge in [0.1, 0.15) is 5.76 Å². The first kappa shape index (κ1) is 13.9. The van der Waals surface area contributed by atoms with E-state index in [1.165, 1.54) is 6.26 Å². The third-order valence-electron chi connectivity index (χ3n) is 3.06. The van der Waals surface area contributed by atoms with E-state index in [-0.39, 0.29) is 5.91 Å². The summed E-state index contributed by atoms with van der Waals surface area (Å²) in [6, 6.07) is 13.1. The third kappa shape index (κ3) is 2.89. The van der Waals surface area contributed by atoms with Crippen molar-refractivity contribution in [3.8, 4) is 6.07 Å². The van der Waals surface area contributed by atoms with Crippen molar-refractivity contribution in [2.24, 2.45) is 0 Å². The van der Waals surface area contributed by atoms with Crippen molar-refractivity contribution >= 4 is 11.6 Å². The number of anilines is 1. The molecule has 0 N–H and O–H groups in total. The minimum Gasteiger partial charge on any atom is -0.469 e. The standard InChI is InChI=1S/C16H16N2O2/c1-2-15-14(9-12-20-15)16(19)18(11-6-10-17)13-7-4-3-5-8-13/h3-5,7-9,12H,2,6,11H2,1H3. The van der Waals surface area contributed by atoms with E-state index in [4.69, 9.17) is 9.68 Å². The molecule has 0 aliphatic carbocycles. The first-order valence-corrected chi connectivity index (χ1v) is 6.58. The third-order valence-corrected chi connectivity index (χ3v) is 3.06. The van der Waals surface area contributed by atoms with Gasteiger partial charge in [-0.25, -0.2) is 0 Å². The van der Waals surface area contributed by atoms with Crippen LogP contribution in [0.5, 0.6) is 0 Å². The van der Waals surface area contributed by atoms with E-state index in [0.717, 1.165) is 5.69 Å². The molecule has 1 amide bonds. The van der Waals surface area contributed by atoms with E-state index in [0.29, 0.717) is 30.7 Å². The number of carbonyl (C=O) groups excluding carboxylic acids is 1. The zero-order chi connectivity index (χ0) is 14.4. The van der Waals surface area contributed by atoms with Crippen molar-refractivity contribution in [1.29, 1.82) is 5.26 Å². The number of carbonyl (C=O) groups is 1. The van der Waals surface area contributed by atoms with Crippen molar-refractivity contribution in [3.05, 3.63) is 54.0 Å². The lowest BCUT2D eigenvalue weighted by Crippen LogP contribution is -2.32. The Morgan fingerprint density at radius 1 is 1.30 bits per heavy atom. The van der Waals surface area contributed by atoms with Crippen LogP contribution >= 0.6 is 0 Å². The molecule has 4 heteroatoms. The van der Waals surface area contributed by atoms with E-state index in [1.54, 1.807) is 11.0 Å². The highest BCUT2D eigenvalue weighted by atomic mass is 16.3. The van der Waals surface area contributed by atoms with E-state index in [1.807, 2.05) is 37.3 Å². The smallest absolute Gasteiger partial charge is 0.261 e. The maximum absolute atomic E-state index is 12.6. The summed E-state index contributed by atoms with van der Waals surface area (Å²) in [4.78, 5) is 14.3. The molecule has 2 aromatic rings. The van der Waals surface area contributed by atoms with E-state index >= 15 is 0 Å². The number of nitriles is 1. The largest absolute Gasteiger partial charge is 0.469 e. The van der Waals surface area contributed by atoms with Gasteiger partial charge in [-0.15, -0.1) is 0 Å². The van der Waals surface area contributed by atoms with Gasteiger partial charge in [-0.3, -0.25) is 4.79 Å². The zero-order valence-corrected chi connectivity index (χ0v) is 11.4. The van der Waals surface area contributed by atoms with Crippen molar-refractivity contribution in [2.75, 3.05) is 11.4 Å². The second-order valence-electron chi connectivity index (χ2n) is 4.31. The van der Waals surface area contributed by atoms with Crippen LogP contribution in [-0.2, 0) is 6.42 Å². The molecule has 1 aromatic heterocycles. The topological polar surface area (TPSA) is 57.2 Å². The molecule has 20 heavy (non-hydrogen) atoms. The molecule has 0 spiro atoms. The highest BCUT2D eigenvalue weighted by Crippen LogP contribution is 2.20. The lowest BCUT2D eigenvalue weighted by Gasteiger charge is -2.21. The predicted octanol–water partition coefficient (Wildman–Crippen LogP) is 3.40. The number of hydrogen-bond donors (Lipinski definition) is 0. The number of aryl methyl sites for hydroxylation is 1. The van der Waals surface area contributed by atoms with Crippen molar-refractivity contribution in [2.45, 2.75) is 19.8 Å². The van der Waals surface area contributed by atoms with Crippen molar-refractivity contribution < 1.29 is 9.21 Å². The van der Waals surface area contributed by atoms with Gasteiger partial charge in [0.25, 0.3) is 5.91 Å². The SMILES string of the molecule is CCc1occc1C(=O)N(CCC#N)c1ccccc1. The molecule has 4 nitrogen and oxygen atoms in total. The summed E-state index contributed by atoms with van der Waals surface area (Å²) in [5, 5.41) is 8.77. The van der Waals surface area contributed by atoms with Crippen LogP contribution in [0, 0.1) is 11.3 Å². The Morgan fingerprint density at radius 3 is 2.70 bits per heavy atom. The van der Waals surface area contributed by atoms with E-state index in [9.17, 15) is 4.79 Å². The number of hydrogen-bond acceptors (Lipinski definition) is 3. The second-order valence-corrected chi connectivity index (χ2v) is 4.31. The number of benzene rings is 1. The Labute approximate surface area is 118 Å². The molecule has 1 heterocycles. The molecule has 102 valence electrons. The van der Waals surface area contributed by atoms with Crippen LogP contribution in [0.15, 0.2) is 47.1 Å². The number of nitrogens with zero attached hydrogens (tertiary/aromatic N) is 2. The van der Waals surface area contributed by atoms with Gasteiger partial charge in [0.15, 0.2) is 0 Å². The monoisotopic (exact) mass is 268 g/mol. The summed E-state index contributed by atoms with van der Waals surface area (Å²) in [7, 11) is 0. The Morgan fingerprint density at radius 2 is 2.05 bits per heavy atom. The number of rotatable bonds is 5. The predicted molar refractivity (Wildman–Crippen MR) is 76.4 cm³/mol. The lowest BCUT2D eigenvalue weighted by molar-refractivity contribution is 0.0985. The zero-order valence-electron chi connectivity index (χ0n) is 11.4. The van der Waals surface area contributed by atoms with Gasteiger partial charge in [0.2, 0.25) is 0 Å². The summed E-state index contributed by atoms with van der Waals surface area (Å²) in [6.07, 6.45) is 2.48. The maximum atomic E-state index is 12.6. The molecule has 2 rings (SSSR count). The molecular formula is C16H16N2O2. The molecule has 0 aliphatic heterocycles. The van der Waals surface area contributed by atoms with Gasteiger partial charge in [-0.2, -0.15) is 5.26 Å². The van der Waals surface area contributed by atoms with E-state index in [2.05, 4.69) is 6.07 Å². The minimum absolute atomic E-state index is 0.128. The van der Waals surface area contributed by atoms with Gasteiger partial charge >= 0.3 is 0 Å². The lowest BCUT2D eigenvalue weighted by atomic mass is 10.1. The van der Waals surface area contributed by atoms with Gasteiger partial charge in [0.05, 0.1) is 24.3 Å². The molecule has 0 atom stereocenters. The summed E-state index contributed by atoms with van der Waals surface area (Å²) in [5.74, 6) is 0.546.